The predicted molar refractivity (Wildman–Crippen MR) is 41.7 cm³/mol. The van der Waals surface area contributed by atoms with Gasteiger partial charge in [0.15, 0.2) is 0 Å². The third-order valence-corrected chi connectivity index (χ3v) is 2.09. The van der Waals surface area contributed by atoms with Crippen molar-refractivity contribution in [3.63, 3.8) is 0 Å². The van der Waals surface area contributed by atoms with E-state index in [2.05, 4.69) is 29.3 Å². The van der Waals surface area contributed by atoms with E-state index in [1.807, 2.05) is 0 Å². The van der Waals surface area contributed by atoms with Gasteiger partial charge in [0.1, 0.15) is 0 Å². The quantitative estimate of drug-likeness (QED) is 0.568. The number of fused-ring (bicyclic) bond motifs is 1. The van der Waals surface area contributed by atoms with Crippen molar-refractivity contribution in [3.8, 4) is 0 Å². The van der Waals surface area contributed by atoms with Crippen LogP contribution in [0.5, 0.6) is 0 Å². The molecule has 0 saturated heterocycles. The molecule has 2 rings (SSSR count). The number of aromatic nitrogens is 1. The maximum atomic E-state index is 3.30. The lowest BCUT2D eigenvalue weighted by atomic mass is 10.1. The van der Waals surface area contributed by atoms with Gasteiger partial charge in [0.2, 0.25) is 0 Å². The van der Waals surface area contributed by atoms with E-state index in [-0.39, 0.29) is 0 Å². The highest BCUT2D eigenvalue weighted by atomic mass is 15.4. The maximum Gasteiger partial charge on any atom is 0.0423 e. The molecule has 1 aliphatic rings. The smallest absolute Gasteiger partial charge is 0.0423 e. The van der Waals surface area contributed by atoms with E-state index in [1.54, 1.807) is 0 Å². The molecule has 54 valence electrons. The van der Waals surface area contributed by atoms with Crippen molar-refractivity contribution in [3.05, 3.63) is 23.5 Å². The molecule has 0 unspecified atom stereocenters. The molecule has 0 saturated carbocycles. The highest BCUT2D eigenvalue weighted by Gasteiger charge is 2.08. The van der Waals surface area contributed by atoms with Gasteiger partial charge in [0.05, 0.1) is 0 Å². The van der Waals surface area contributed by atoms with Gasteiger partial charge >= 0.3 is 0 Å². The van der Waals surface area contributed by atoms with Crippen molar-refractivity contribution in [2.75, 3.05) is 12.0 Å². The first-order chi connectivity index (χ1) is 4.88. The molecule has 1 N–H and O–H groups in total. The molecule has 2 heteroatoms. The van der Waals surface area contributed by atoms with Crippen LogP contribution in [0.25, 0.3) is 0 Å². The topological polar surface area (TPSA) is 17.0 Å². The minimum absolute atomic E-state index is 1.11. The lowest BCUT2D eigenvalue weighted by Gasteiger charge is -2.17. The standard InChI is InChI=1S/C8H12N2/c1-7-4-6-10-8(7)3-2-5-9-10/h4,6,9H,2-3,5H2,1H3. The van der Waals surface area contributed by atoms with Crippen LogP contribution in [0.2, 0.25) is 0 Å². The van der Waals surface area contributed by atoms with Crippen molar-refractivity contribution in [1.29, 1.82) is 0 Å². The summed E-state index contributed by atoms with van der Waals surface area (Å²) >= 11 is 0. The fourth-order valence-corrected chi connectivity index (χ4v) is 1.48. The molecule has 1 aliphatic heterocycles. The Bertz CT molecular complexity index is 237. The molecule has 0 atom stereocenters. The van der Waals surface area contributed by atoms with Gasteiger partial charge in [-0.3, -0.25) is 4.68 Å². The van der Waals surface area contributed by atoms with E-state index in [1.165, 1.54) is 24.1 Å². The fourth-order valence-electron chi connectivity index (χ4n) is 1.48. The first kappa shape index (κ1) is 5.83. The Morgan fingerprint density at radius 2 is 2.50 bits per heavy atom. The van der Waals surface area contributed by atoms with Crippen molar-refractivity contribution in [1.82, 2.24) is 4.68 Å². The molecule has 1 aromatic rings. The van der Waals surface area contributed by atoms with Crippen molar-refractivity contribution in [2.24, 2.45) is 0 Å². The number of nitrogens with zero attached hydrogens (tertiary/aromatic N) is 1. The molecule has 0 spiro atoms. The monoisotopic (exact) mass is 136 g/mol. The van der Waals surface area contributed by atoms with Gasteiger partial charge in [-0.15, -0.1) is 0 Å². The summed E-state index contributed by atoms with van der Waals surface area (Å²) in [5.41, 5.74) is 6.16. The number of nitrogens with one attached hydrogen (secondary N) is 1. The molecule has 0 aromatic carbocycles. The van der Waals surface area contributed by atoms with Crippen LogP contribution < -0.4 is 5.43 Å². The summed E-state index contributed by atoms with van der Waals surface area (Å²) < 4.78 is 2.14. The summed E-state index contributed by atoms with van der Waals surface area (Å²) in [5.74, 6) is 0. The van der Waals surface area contributed by atoms with E-state index in [0.717, 1.165) is 6.54 Å². The first-order valence-corrected chi connectivity index (χ1v) is 3.78. The van der Waals surface area contributed by atoms with Gasteiger partial charge in [0, 0.05) is 18.4 Å². The number of hydrogen-bond acceptors (Lipinski definition) is 1. The van der Waals surface area contributed by atoms with Crippen molar-refractivity contribution >= 4 is 0 Å². The Labute approximate surface area is 60.8 Å². The van der Waals surface area contributed by atoms with E-state index < -0.39 is 0 Å². The second-order valence-corrected chi connectivity index (χ2v) is 2.83. The van der Waals surface area contributed by atoms with E-state index in [4.69, 9.17) is 0 Å². The average molecular weight is 136 g/mol. The molecule has 2 heterocycles. The SMILES string of the molecule is Cc1ccn2c1CCCN2. The van der Waals surface area contributed by atoms with Crippen LogP contribution in [0.1, 0.15) is 17.7 Å². The molecule has 0 amide bonds. The van der Waals surface area contributed by atoms with Gasteiger partial charge in [-0.25, -0.2) is 0 Å². The zero-order valence-corrected chi connectivity index (χ0v) is 6.22. The van der Waals surface area contributed by atoms with Crippen LogP contribution in [0, 0.1) is 6.92 Å². The second-order valence-electron chi connectivity index (χ2n) is 2.83. The van der Waals surface area contributed by atoms with Crippen LogP contribution in [-0.2, 0) is 6.42 Å². The minimum Gasteiger partial charge on any atom is -0.326 e. The van der Waals surface area contributed by atoms with E-state index >= 15 is 0 Å². The molecule has 0 aliphatic carbocycles. The summed E-state index contributed by atoms with van der Waals surface area (Å²) in [4.78, 5) is 0. The highest BCUT2D eigenvalue weighted by molar-refractivity contribution is 5.23. The van der Waals surface area contributed by atoms with Crippen molar-refractivity contribution in [2.45, 2.75) is 19.8 Å². The lowest BCUT2D eigenvalue weighted by molar-refractivity contribution is 0.662. The van der Waals surface area contributed by atoms with Gasteiger partial charge < -0.3 is 5.43 Å². The normalized spacial score (nSPS) is 16.1. The highest BCUT2D eigenvalue weighted by Crippen LogP contribution is 2.13. The molecule has 1 aromatic heterocycles. The summed E-state index contributed by atoms with van der Waals surface area (Å²) in [6.07, 6.45) is 4.60. The van der Waals surface area contributed by atoms with Crippen LogP contribution in [0.4, 0.5) is 0 Å². The Morgan fingerprint density at radius 3 is 3.30 bits per heavy atom. The largest absolute Gasteiger partial charge is 0.326 e. The van der Waals surface area contributed by atoms with Crippen molar-refractivity contribution < 1.29 is 0 Å². The van der Waals surface area contributed by atoms with Crippen LogP contribution in [0.15, 0.2) is 12.3 Å². The number of aryl methyl sites for hydroxylation is 1. The van der Waals surface area contributed by atoms with Gasteiger partial charge in [-0.2, -0.15) is 0 Å². The second kappa shape index (κ2) is 2.04. The summed E-state index contributed by atoms with van der Waals surface area (Å²) in [6, 6.07) is 2.16. The van der Waals surface area contributed by atoms with Crippen LogP contribution in [0.3, 0.4) is 0 Å². The molecule has 0 radical (unpaired) electrons. The van der Waals surface area contributed by atoms with Crippen LogP contribution >= 0.6 is 0 Å². The summed E-state index contributed by atoms with van der Waals surface area (Å²) in [5, 5.41) is 0. The maximum absolute atomic E-state index is 3.30. The van der Waals surface area contributed by atoms with E-state index in [0.29, 0.717) is 0 Å². The molecular formula is C8H12N2. The van der Waals surface area contributed by atoms with Gasteiger partial charge in [0.25, 0.3) is 0 Å². The van der Waals surface area contributed by atoms with Crippen LogP contribution in [-0.4, -0.2) is 11.2 Å². The molecular weight excluding hydrogens is 124 g/mol. The molecule has 0 bridgehead atoms. The van der Waals surface area contributed by atoms with Gasteiger partial charge in [-0.1, -0.05) is 0 Å². The molecule has 0 fully saturated rings. The first-order valence-electron chi connectivity index (χ1n) is 3.78. The number of hydrogen-bond donors (Lipinski definition) is 1. The van der Waals surface area contributed by atoms with E-state index in [9.17, 15) is 0 Å². The average Bonchev–Trinajstić information content (AvgIpc) is 2.34. The fraction of sp³-hybridized carbons (Fsp3) is 0.500. The Hall–Kier alpha value is -0.920. The van der Waals surface area contributed by atoms with Gasteiger partial charge in [-0.05, 0) is 31.4 Å². The number of rotatable bonds is 0. The minimum atomic E-state index is 1.11. The Kier molecular flexibility index (Phi) is 1.19. The molecule has 10 heavy (non-hydrogen) atoms. The molecule has 2 nitrogen and oxygen atoms in total. The third-order valence-electron chi connectivity index (χ3n) is 2.09. The zero-order chi connectivity index (χ0) is 6.97. The summed E-state index contributed by atoms with van der Waals surface area (Å²) in [6.45, 7) is 3.28. The zero-order valence-electron chi connectivity index (χ0n) is 6.22. The predicted octanol–water partition coefficient (Wildman–Crippen LogP) is 1.29. The Balaban J connectivity index is 2.45. The third kappa shape index (κ3) is 0.719. The lowest BCUT2D eigenvalue weighted by Crippen LogP contribution is -2.23. The Morgan fingerprint density at radius 1 is 1.60 bits per heavy atom. The summed E-state index contributed by atoms with van der Waals surface area (Å²) in [7, 11) is 0.